The summed E-state index contributed by atoms with van der Waals surface area (Å²) < 4.78 is 16.3. The van der Waals surface area contributed by atoms with Crippen molar-refractivity contribution < 1.29 is 19.0 Å². The zero-order chi connectivity index (χ0) is 18.6. The molecule has 1 amide bonds. The van der Waals surface area contributed by atoms with Crippen LogP contribution in [0.3, 0.4) is 0 Å². The Morgan fingerprint density at radius 3 is 2.65 bits per heavy atom. The van der Waals surface area contributed by atoms with Gasteiger partial charge in [0.2, 0.25) is 12.7 Å². The highest BCUT2D eigenvalue weighted by Gasteiger charge is 2.25. The molecular weight excluding hydrogens is 354 g/mol. The van der Waals surface area contributed by atoms with Gasteiger partial charge in [0.15, 0.2) is 11.5 Å². The zero-order valence-corrected chi connectivity index (χ0v) is 15.6. The second kappa shape index (κ2) is 7.87. The lowest BCUT2D eigenvalue weighted by Crippen LogP contribution is -2.41. The molecule has 26 heavy (non-hydrogen) atoms. The van der Waals surface area contributed by atoms with E-state index < -0.39 is 5.54 Å². The summed E-state index contributed by atoms with van der Waals surface area (Å²) in [6, 6.07) is 12.9. The van der Waals surface area contributed by atoms with E-state index in [1.165, 1.54) is 0 Å². The van der Waals surface area contributed by atoms with E-state index >= 15 is 0 Å². The lowest BCUT2D eigenvalue weighted by Gasteiger charge is -2.27. The van der Waals surface area contributed by atoms with Gasteiger partial charge in [-0.1, -0.05) is 17.7 Å². The quantitative estimate of drug-likeness (QED) is 0.734. The van der Waals surface area contributed by atoms with Crippen molar-refractivity contribution >= 4 is 17.5 Å². The number of halogens is 1. The van der Waals surface area contributed by atoms with Crippen LogP contribution in [0.25, 0.3) is 0 Å². The van der Waals surface area contributed by atoms with Gasteiger partial charge in [-0.25, -0.2) is 0 Å². The van der Waals surface area contributed by atoms with Crippen molar-refractivity contribution in [3.63, 3.8) is 0 Å². The molecule has 1 aliphatic rings. The van der Waals surface area contributed by atoms with Gasteiger partial charge in [0.25, 0.3) is 0 Å². The van der Waals surface area contributed by atoms with E-state index in [1.54, 1.807) is 12.1 Å². The smallest absolute Gasteiger partial charge is 0.231 e. The second-order valence-electron chi connectivity index (χ2n) is 6.65. The molecule has 0 saturated carbocycles. The van der Waals surface area contributed by atoms with Crippen LogP contribution in [0.1, 0.15) is 32.3 Å². The molecule has 6 heteroatoms. The number of carbonyl (C=O) groups is 1. The van der Waals surface area contributed by atoms with Crippen LogP contribution in [-0.2, 0) is 10.3 Å². The van der Waals surface area contributed by atoms with Crippen LogP contribution < -0.4 is 19.5 Å². The monoisotopic (exact) mass is 375 g/mol. The van der Waals surface area contributed by atoms with E-state index in [0.717, 1.165) is 17.1 Å². The second-order valence-corrected chi connectivity index (χ2v) is 7.08. The molecule has 0 fully saturated rings. The van der Waals surface area contributed by atoms with Crippen LogP contribution in [0.2, 0.25) is 5.02 Å². The molecule has 0 saturated heterocycles. The maximum Gasteiger partial charge on any atom is 0.231 e. The number of hydrogen-bond donors (Lipinski definition) is 1. The van der Waals surface area contributed by atoms with E-state index in [9.17, 15) is 4.79 Å². The number of carbonyl (C=O) groups excluding carboxylic acids is 1. The van der Waals surface area contributed by atoms with Crippen LogP contribution in [0.4, 0.5) is 0 Å². The summed E-state index contributed by atoms with van der Waals surface area (Å²) in [5.74, 6) is 2.17. The number of benzene rings is 2. The Morgan fingerprint density at radius 1 is 1.15 bits per heavy atom. The number of fused-ring (bicyclic) bond motifs is 1. The molecule has 0 atom stereocenters. The molecule has 2 aromatic rings. The first-order valence-corrected chi connectivity index (χ1v) is 8.91. The number of ether oxygens (including phenoxy) is 3. The third-order valence-electron chi connectivity index (χ3n) is 4.18. The third kappa shape index (κ3) is 4.61. The molecule has 5 nitrogen and oxygen atoms in total. The van der Waals surface area contributed by atoms with Crippen molar-refractivity contribution in [1.82, 2.24) is 5.32 Å². The summed E-state index contributed by atoms with van der Waals surface area (Å²) >= 11 is 5.83. The molecule has 0 bridgehead atoms. The van der Waals surface area contributed by atoms with Crippen molar-refractivity contribution in [2.24, 2.45) is 0 Å². The Hall–Kier alpha value is -2.40. The fourth-order valence-corrected chi connectivity index (χ4v) is 2.85. The van der Waals surface area contributed by atoms with Gasteiger partial charge in [-0.2, -0.15) is 0 Å². The number of rotatable bonds is 7. The summed E-state index contributed by atoms with van der Waals surface area (Å²) in [6.07, 6.45) is 1.02. The number of amides is 1. The van der Waals surface area contributed by atoms with Crippen molar-refractivity contribution in [3.8, 4) is 17.2 Å². The molecule has 0 radical (unpaired) electrons. The van der Waals surface area contributed by atoms with Crippen LogP contribution in [0.15, 0.2) is 42.5 Å². The van der Waals surface area contributed by atoms with Crippen molar-refractivity contribution in [2.75, 3.05) is 13.4 Å². The summed E-state index contributed by atoms with van der Waals surface area (Å²) in [5, 5.41) is 3.73. The maximum absolute atomic E-state index is 12.3. The van der Waals surface area contributed by atoms with Crippen molar-refractivity contribution in [2.45, 2.75) is 32.2 Å². The number of nitrogens with one attached hydrogen (secondary N) is 1. The lowest BCUT2D eigenvalue weighted by atomic mass is 9.93. The van der Waals surface area contributed by atoms with Crippen LogP contribution in [0, 0.1) is 0 Å². The number of hydrogen-bond acceptors (Lipinski definition) is 4. The van der Waals surface area contributed by atoms with E-state index in [1.807, 2.05) is 44.2 Å². The van der Waals surface area contributed by atoms with Gasteiger partial charge in [-0.05, 0) is 62.2 Å². The Bertz CT molecular complexity index is 774. The molecule has 0 aliphatic carbocycles. The molecule has 0 spiro atoms. The molecule has 1 aliphatic heterocycles. The van der Waals surface area contributed by atoms with Gasteiger partial charge in [-0.3, -0.25) is 4.79 Å². The minimum Gasteiger partial charge on any atom is -0.494 e. The summed E-state index contributed by atoms with van der Waals surface area (Å²) in [6.45, 7) is 4.64. The first kappa shape index (κ1) is 18.4. The van der Waals surface area contributed by atoms with Crippen LogP contribution in [-0.4, -0.2) is 19.3 Å². The molecule has 0 unspecified atom stereocenters. The van der Waals surface area contributed by atoms with Gasteiger partial charge >= 0.3 is 0 Å². The van der Waals surface area contributed by atoms with Crippen molar-refractivity contribution in [1.29, 1.82) is 0 Å². The SMILES string of the molecule is CC(C)(NC(=O)CCCOc1ccc(Cl)cc1)c1ccc2c(c1)OCO2. The van der Waals surface area contributed by atoms with Gasteiger partial charge < -0.3 is 19.5 Å². The normalized spacial score (nSPS) is 12.7. The summed E-state index contributed by atoms with van der Waals surface area (Å²) in [7, 11) is 0. The van der Waals surface area contributed by atoms with E-state index in [0.29, 0.717) is 30.2 Å². The van der Waals surface area contributed by atoms with Crippen LogP contribution in [0.5, 0.6) is 17.2 Å². The Kier molecular flexibility index (Phi) is 5.57. The summed E-state index contributed by atoms with van der Waals surface area (Å²) in [5.41, 5.74) is 0.460. The van der Waals surface area contributed by atoms with Gasteiger partial charge in [0.05, 0.1) is 12.1 Å². The summed E-state index contributed by atoms with van der Waals surface area (Å²) in [4.78, 5) is 12.3. The van der Waals surface area contributed by atoms with E-state index in [2.05, 4.69) is 5.32 Å². The standard InChI is InChI=1S/C20H22ClNO4/c1-20(2,14-5-10-17-18(12-14)26-13-25-17)22-19(23)4-3-11-24-16-8-6-15(21)7-9-16/h5-10,12H,3-4,11,13H2,1-2H3,(H,22,23). The van der Waals surface area contributed by atoms with Gasteiger partial charge in [0, 0.05) is 11.4 Å². The molecule has 138 valence electrons. The average Bonchev–Trinajstić information content (AvgIpc) is 3.07. The first-order chi connectivity index (χ1) is 12.4. The highest BCUT2D eigenvalue weighted by atomic mass is 35.5. The first-order valence-electron chi connectivity index (χ1n) is 8.53. The molecule has 2 aromatic carbocycles. The molecule has 1 heterocycles. The Morgan fingerprint density at radius 2 is 1.88 bits per heavy atom. The predicted octanol–water partition coefficient (Wildman–Crippen LogP) is 4.28. The van der Waals surface area contributed by atoms with Crippen molar-refractivity contribution in [3.05, 3.63) is 53.1 Å². The largest absolute Gasteiger partial charge is 0.494 e. The fraction of sp³-hybridized carbons (Fsp3) is 0.350. The Balaban J connectivity index is 1.46. The van der Waals surface area contributed by atoms with Gasteiger partial charge in [0.1, 0.15) is 5.75 Å². The predicted molar refractivity (Wildman–Crippen MR) is 99.9 cm³/mol. The highest BCUT2D eigenvalue weighted by Crippen LogP contribution is 2.35. The van der Waals surface area contributed by atoms with Crippen LogP contribution >= 0.6 is 11.6 Å². The van der Waals surface area contributed by atoms with Gasteiger partial charge in [-0.15, -0.1) is 0 Å². The molecule has 1 N–H and O–H groups in total. The maximum atomic E-state index is 12.3. The molecular formula is C20H22ClNO4. The minimum absolute atomic E-state index is 0.0210. The van der Waals surface area contributed by atoms with E-state index in [-0.39, 0.29) is 12.7 Å². The lowest BCUT2D eigenvalue weighted by molar-refractivity contribution is -0.123. The topological polar surface area (TPSA) is 56.8 Å². The highest BCUT2D eigenvalue weighted by molar-refractivity contribution is 6.30. The zero-order valence-electron chi connectivity index (χ0n) is 14.9. The molecule has 3 rings (SSSR count). The minimum atomic E-state index is -0.505. The fourth-order valence-electron chi connectivity index (χ4n) is 2.72. The third-order valence-corrected chi connectivity index (χ3v) is 4.43. The van der Waals surface area contributed by atoms with E-state index in [4.69, 9.17) is 25.8 Å². The Labute approximate surface area is 158 Å². The molecule has 0 aromatic heterocycles. The average molecular weight is 376 g/mol.